The third kappa shape index (κ3) is 3.44. The first-order valence-corrected chi connectivity index (χ1v) is 7.66. The second-order valence-electron chi connectivity index (χ2n) is 5.71. The van der Waals surface area contributed by atoms with Gasteiger partial charge in [-0.25, -0.2) is 4.39 Å². The Morgan fingerprint density at radius 2 is 2.04 bits per heavy atom. The Morgan fingerprint density at radius 3 is 2.77 bits per heavy atom. The zero-order valence-electron chi connectivity index (χ0n) is 13.7. The topological polar surface area (TPSA) is 105 Å². The van der Waals surface area contributed by atoms with E-state index in [-0.39, 0.29) is 23.5 Å². The third-order valence-electron chi connectivity index (χ3n) is 3.93. The minimum absolute atomic E-state index is 0.0900. The van der Waals surface area contributed by atoms with Gasteiger partial charge in [0, 0.05) is 35.7 Å². The molecule has 0 saturated carbocycles. The molecule has 0 aliphatic carbocycles. The molecule has 0 atom stereocenters. The van der Waals surface area contributed by atoms with Crippen molar-refractivity contribution in [2.24, 2.45) is 0 Å². The van der Waals surface area contributed by atoms with Crippen molar-refractivity contribution >= 4 is 22.5 Å². The molecule has 132 valence electrons. The Kier molecular flexibility index (Phi) is 4.49. The number of aromatic nitrogens is 1. The molecule has 7 nitrogen and oxygen atoms in total. The van der Waals surface area contributed by atoms with Crippen LogP contribution in [-0.2, 0) is 6.54 Å². The van der Waals surface area contributed by atoms with E-state index in [9.17, 15) is 24.4 Å². The number of phenols is 1. The van der Waals surface area contributed by atoms with Crippen LogP contribution in [-0.4, -0.2) is 20.9 Å². The molecule has 1 heterocycles. The molecule has 0 aliphatic heterocycles. The largest absolute Gasteiger partial charge is 0.508 e. The molecule has 0 unspecified atom stereocenters. The molecule has 3 aromatic rings. The minimum atomic E-state index is -0.582. The lowest BCUT2D eigenvalue weighted by molar-refractivity contribution is -0.384. The van der Waals surface area contributed by atoms with Crippen LogP contribution in [0.25, 0.3) is 10.9 Å². The maximum Gasteiger partial charge on any atom is 0.270 e. The molecule has 8 heteroatoms. The molecule has 2 aromatic carbocycles. The summed E-state index contributed by atoms with van der Waals surface area (Å²) in [4.78, 5) is 26.9. The van der Waals surface area contributed by atoms with E-state index in [0.29, 0.717) is 22.2 Å². The summed E-state index contributed by atoms with van der Waals surface area (Å²) in [5.74, 6) is -1.02. The highest BCUT2D eigenvalue weighted by atomic mass is 19.1. The van der Waals surface area contributed by atoms with Gasteiger partial charge in [0.1, 0.15) is 11.6 Å². The van der Waals surface area contributed by atoms with Crippen LogP contribution in [0.4, 0.5) is 10.1 Å². The first kappa shape index (κ1) is 17.3. The van der Waals surface area contributed by atoms with Gasteiger partial charge in [0.15, 0.2) is 0 Å². The van der Waals surface area contributed by atoms with Gasteiger partial charge in [-0.15, -0.1) is 0 Å². The average Bonchev–Trinajstić information content (AvgIpc) is 2.59. The van der Waals surface area contributed by atoms with E-state index < -0.39 is 16.6 Å². The van der Waals surface area contributed by atoms with Gasteiger partial charge in [0.25, 0.3) is 11.6 Å². The van der Waals surface area contributed by atoms with E-state index in [1.165, 1.54) is 36.4 Å². The van der Waals surface area contributed by atoms with Gasteiger partial charge >= 0.3 is 0 Å². The monoisotopic (exact) mass is 355 g/mol. The Hall–Kier alpha value is -3.55. The van der Waals surface area contributed by atoms with E-state index in [1.807, 2.05) is 0 Å². The lowest BCUT2D eigenvalue weighted by Gasteiger charge is -2.10. The second kappa shape index (κ2) is 6.75. The normalized spacial score (nSPS) is 10.7. The van der Waals surface area contributed by atoms with Crippen LogP contribution in [0, 0.1) is 22.9 Å². The molecule has 0 fully saturated rings. The van der Waals surface area contributed by atoms with E-state index in [1.54, 1.807) is 13.0 Å². The van der Waals surface area contributed by atoms with Crippen LogP contribution in [0.3, 0.4) is 0 Å². The number of benzene rings is 2. The molecule has 0 spiro atoms. The molecule has 1 aromatic heterocycles. The summed E-state index contributed by atoms with van der Waals surface area (Å²) in [7, 11) is 0. The zero-order chi connectivity index (χ0) is 18.8. The Labute approximate surface area is 147 Å². The number of aryl methyl sites for hydroxylation is 1. The molecule has 0 radical (unpaired) electrons. The van der Waals surface area contributed by atoms with Gasteiger partial charge < -0.3 is 10.4 Å². The van der Waals surface area contributed by atoms with E-state index in [2.05, 4.69) is 10.3 Å². The summed E-state index contributed by atoms with van der Waals surface area (Å²) in [6.07, 6.45) is 0. The number of pyridine rings is 1. The first-order valence-electron chi connectivity index (χ1n) is 7.66. The number of carbonyl (C=O) groups excluding carboxylic acids is 1. The number of non-ortho nitro benzene ring substituents is 1. The van der Waals surface area contributed by atoms with E-state index >= 15 is 0 Å². The molecular formula is C18H14FN3O4. The lowest BCUT2D eigenvalue weighted by atomic mass is 10.1. The SMILES string of the molecule is Cc1nc2cc(F)ccc2cc1C(=O)NCc1cc([N+](=O)[O-])ccc1O. The Balaban J connectivity index is 1.83. The third-order valence-corrected chi connectivity index (χ3v) is 3.93. The second-order valence-corrected chi connectivity index (χ2v) is 5.71. The summed E-state index contributed by atoms with van der Waals surface area (Å²) < 4.78 is 13.3. The highest BCUT2D eigenvalue weighted by Crippen LogP contribution is 2.23. The number of hydrogen-bond acceptors (Lipinski definition) is 5. The number of carbonyl (C=O) groups is 1. The van der Waals surface area contributed by atoms with Crippen molar-refractivity contribution in [3.63, 3.8) is 0 Å². The summed E-state index contributed by atoms with van der Waals surface area (Å²) in [5, 5.41) is 23.8. The minimum Gasteiger partial charge on any atom is -0.508 e. The van der Waals surface area contributed by atoms with Crippen molar-refractivity contribution in [1.82, 2.24) is 10.3 Å². The standard InChI is InChI=1S/C18H14FN3O4/c1-10-15(7-11-2-3-13(19)8-16(11)21-10)18(24)20-9-12-6-14(22(25)26)4-5-17(12)23/h2-8,23H,9H2,1H3,(H,20,24). The smallest absolute Gasteiger partial charge is 0.270 e. The van der Waals surface area contributed by atoms with Crippen molar-refractivity contribution in [3.05, 3.63) is 75.2 Å². The summed E-state index contributed by atoms with van der Waals surface area (Å²) >= 11 is 0. The average molecular weight is 355 g/mol. The van der Waals surface area contributed by atoms with Gasteiger partial charge in [0.2, 0.25) is 0 Å². The van der Waals surface area contributed by atoms with E-state index in [4.69, 9.17) is 0 Å². The number of hydrogen-bond donors (Lipinski definition) is 2. The summed E-state index contributed by atoms with van der Waals surface area (Å²) in [6, 6.07) is 9.27. The number of amides is 1. The lowest BCUT2D eigenvalue weighted by Crippen LogP contribution is -2.24. The fraction of sp³-hybridized carbons (Fsp3) is 0.111. The quantitative estimate of drug-likeness (QED) is 0.552. The van der Waals surface area contributed by atoms with E-state index in [0.717, 1.165) is 0 Å². The molecule has 26 heavy (non-hydrogen) atoms. The fourth-order valence-electron chi connectivity index (χ4n) is 2.56. The maximum atomic E-state index is 13.3. The molecular weight excluding hydrogens is 341 g/mol. The predicted octanol–water partition coefficient (Wildman–Crippen LogP) is 3.23. The molecule has 0 aliphatic rings. The number of fused-ring (bicyclic) bond motifs is 1. The van der Waals surface area contributed by atoms with Crippen molar-refractivity contribution in [3.8, 4) is 5.75 Å². The zero-order valence-corrected chi connectivity index (χ0v) is 13.7. The van der Waals surface area contributed by atoms with Crippen molar-refractivity contribution in [2.45, 2.75) is 13.5 Å². The van der Waals surface area contributed by atoms with Crippen LogP contribution >= 0.6 is 0 Å². The number of phenolic OH excluding ortho intramolecular Hbond substituents is 1. The molecule has 2 N–H and O–H groups in total. The van der Waals surface area contributed by atoms with Gasteiger partial charge in [0.05, 0.1) is 21.7 Å². The number of nitrogens with zero attached hydrogens (tertiary/aromatic N) is 2. The molecule has 0 bridgehead atoms. The number of nitrogens with one attached hydrogen (secondary N) is 1. The number of nitro groups is 1. The van der Waals surface area contributed by atoms with Crippen LogP contribution in [0.2, 0.25) is 0 Å². The number of aromatic hydroxyl groups is 1. The van der Waals surface area contributed by atoms with Crippen LogP contribution in [0.1, 0.15) is 21.6 Å². The highest BCUT2D eigenvalue weighted by molar-refractivity contribution is 5.98. The molecule has 1 amide bonds. The Morgan fingerprint density at radius 1 is 1.27 bits per heavy atom. The number of rotatable bonds is 4. The first-order chi connectivity index (χ1) is 12.3. The molecule has 0 saturated heterocycles. The van der Waals surface area contributed by atoms with Crippen LogP contribution in [0.5, 0.6) is 5.75 Å². The number of nitro benzene ring substituents is 1. The van der Waals surface area contributed by atoms with Crippen molar-refractivity contribution in [2.75, 3.05) is 0 Å². The Bertz CT molecular complexity index is 1040. The van der Waals surface area contributed by atoms with Gasteiger partial charge in [-0.05, 0) is 31.2 Å². The highest BCUT2D eigenvalue weighted by Gasteiger charge is 2.14. The van der Waals surface area contributed by atoms with Crippen LogP contribution in [0.15, 0.2) is 42.5 Å². The van der Waals surface area contributed by atoms with Gasteiger partial charge in [-0.3, -0.25) is 19.9 Å². The predicted molar refractivity (Wildman–Crippen MR) is 92.4 cm³/mol. The summed E-state index contributed by atoms with van der Waals surface area (Å²) in [5.41, 5.74) is 1.20. The van der Waals surface area contributed by atoms with Crippen LogP contribution < -0.4 is 5.32 Å². The number of halogens is 1. The molecule has 3 rings (SSSR count). The maximum absolute atomic E-state index is 13.3. The van der Waals surface area contributed by atoms with Gasteiger partial charge in [-0.1, -0.05) is 0 Å². The van der Waals surface area contributed by atoms with Crippen molar-refractivity contribution in [1.29, 1.82) is 0 Å². The fourth-order valence-corrected chi connectivity index (χ4v) is 2.56. The summed E-state index contributed by atoms with van der Waals surface area (Å²) in [6.45, 7) is 1.54. The van der Waals surface area contributed by atoms with Crippen molar-refractivity contribution < 1.29 is 19.2 Å². The van der Waals surface area contributed by atoms with Gasteiger partial charge in [-0.2, -0.15) is 0 Å².